The molecule has 2 rings (SSSR count). The predicted octanol–water partition coefficient (Wildman–Crippen LogP) is 2.69. The summed E-state index contributed by atoms with van der Waals surface area (Å²) in [7, 11) is 0. The van der Waals surface area contributed by atoms with Crippen molar-refractivity contribution in [1.29, 1.82) is 0 Å². The van der Waals surface area contributed by atoms with Crippen LogP contribution in [0, 0.1) is 40.5 Å². The van der Waals surface area contributed by atoms with E-state index in [0.29, 0.717) is 12.1 Å². The van der Waals surface area contributed by atoms with Gasteiger partial charge in [0, 0.05) is 12.1 Å². The highest BCUT2D eigenvalue weighted by Crippen LogP contribution is 2.46. The van der Waals surface area contributed by atoms with Crippen molar-refractivity contribution in [2.75, 3.05) is 0 Å². The molecule has 0 aromatic heterocycles. The highest BCUT2D eigenvalue weighted by atomic mass is 16.6. The van der Waals surface area contributed by atoms with Gasteiger partial charge in [0.25, 0.3) is 17.1 Å². The number of rotatable bonds is 5. The van der Waals surface area contributed by atoms with Gasteiger partial charge in [-0.15, -0.1) is 0 Å². The summed E-state index contributed by atoms with van der Waals surface area (Å²) >= 11 is 0. The largest absolute Gasteiger partial charge is 0.502 e. The van der Waals surface area contributed by atoms with Crippen LogP contribution in [0.3, 0.4) is 0 Å². The number of phenolic OH excluding ortho intramolecular Hbond substituents is 1. The van der Waals surface area contributed by atoms with Crippen molar-refractivity contribution in [3.63, 3.8) is 0 Å². The van der Waals surface area contributed by atoms with E-state index in [4.69, 9.17) is 0 Å². The Morgan fingerprint density at radius 3 is 1.80 bits per heavy atom. The van der Waals surface area contributed by atoms with Crippen LogP contribution >= 0.6 is 0 Å². The standard InChI is InChI=1S/C12H6N4O9/c17-10-4-3-8(14(20)21)11(12(10)16(24)25)7-2-1-6(13(18)19)5-9(7)15(22)23/h1-5,17H. The molecule has 0 fully saturated rings. The van der Waals surface area contributed by atoms with E-state index in [1.165, 1.54) is 0 Å². The quantitative estimate of drug-likeness (QED) is 0.623. The second kappa shape index (κ2) is 6.15. The summed E-state index contributed by atoms with van der Waals surface area (Å²) < 4.78 is 0. The maximum atomic E-state index is 11.2. The minimum Gasteiger partial charge on any atom is -0.502 e. The third-order valence-electron chi connectivity index (χ3n) is 3.17. The van der Waals surface area contributed by atoms with Crippen molar-refractivity contribution in [2.24, 2.45) is 0 Å². The lowest BCUT2D eigenvalue weighted by molar-refractivity contribution is -0.396. The van der Waals surface area contributed by atoms with Crippen LogP contribution in [0.5, 0.6) is 5.75 Å². The van der Waals surface area contributed by atoms with Crippen LogP contribution in [0.2, 0.25) is 0 Å². The summed E-state index contributed by atoms with van der Waals surface area (Å²) in [6.07, 6.45) is 0. The molecule has 128 valence electrons. The van der Waals surface area contributed by atoms with Crippen molar-refractivity contribution in [3.8, 4) is 16.9 Å². The van der Waals surface area contributed by atoms with Crippen LogP contribution < -0.4 is 0 Å². The van der Waals surface area contributed by atoms with Gasteiger partial charge in [0.15, 0.2) is 5.75 Å². The molecule has 13 heteroatoms. The van der Waals surface area contributed by atoms with Gasteiger partial charge in [-0.2, -0.15) is 0 Å². The number of non-ortho nitro benzene ring substituents is 1. The maximum Gasteiger partial charge on any atom is 0.325 e. The highest BCUT2D eigenvalue weighted by molar-refractivity contribution is 5.90. The van der Waals surface area contributed by atoms with E-state index in [0.717, 1.165) is 18.2 Å². The summed E-state index contributed by atoms with van der Waals surface area (Å²) in [5.74, 6) is -0.946. The summed E-state index contributed by atoms with van der Waals surface area (Å²) in [5, 5.41) is 54.0. The smallest absolute Gasteiger partial charge is 0.325 e. The second-order valence-electron chi connectivity index (χ2n) is 4.56. The van der Waals surface area contributed by atoms with Crippen LogP contribution in [0.4, 0.5) is 22.7 Å². The topological polar surface area (TPSA) is 193 Å². The van der Waals surface area contributed by atoms with Crippen molar-refractivity contribution in [1.82, 2.24) is 0 Å². The maximum absolute atomic E-state index is 11.2. The molecule has 0 radical (unpaired) electrons. The zero-order chi connectivity index (χ0) is 18.9. The van der Waals surface area contributed by atoms with E-state index < -0.39 is 59.3 Å². The SMILES string of the molecule is O=[N+]([O-])c1ccc(-c2c([N+](=O)[O-])ccc(O)c2[N+](=O)[O-])c([N+](=O)[O-])c1. The summed E-state index contributed by atoms with van der Waals surface area (Å²) in [6, 6.07) is 3.55. The number of aromatic hydroxyl groups is 1. The molecule has 0 aliphatic heterocycles. The summed E-state index contributed by atoms with van der Waals surface area (Å²) in [6.45, 7) is 0. The van der Waals surface area contributed by atoms with E-state index in [2.05, 4.69) is 0 Å². The number of nitro groups is 4. The van der Waals surface area contributed by atoms with Crippen LogP contribution in [-0.4, -0.2) is 24.8 Å². The molecule has 2 aromatic carbocycles. The molecule has 0 amide bonds. The van der Waals surface area contributed by atoms with Gasteiger partial charge in [0.2, 0.25) is 0 Å². The molecule has 2 aromatic rings. The Bertz CT molecular complexity index is 940. The Hall–Kier alpha value is -4.16. The van der Waals surface area contributed by atoms with Crippen molar-refractivity contribution in [2.45, 2.75) is 0 Å². The summed E-state index contributed by atoms with van der Waals surface area (Å²) in [5.41, 5.74) is -5.05. The number of hydrogen-bond acceptors (Lipinski definition) is 9. The Morgan fingerprint density at radius 2 is 1.32 bits per heavy atom. The summed E-state index contributed by atoms with van der Waals surface area (Å²) in [4.78, 5) is 40.1. The molecular weight excluding hydrogens is 344 g/mol. The Morgan fingerprint density at radius 1 is 0.720 bits per heavy atom. The van der Waals surface area contributed by atoms with Gasteiger partial charge in [-0.1, -0.05) is 0 Å². The zero-order valence-electron chi connectivity index (χ0n) is 11.9. The Balaban J connectivity index is 2.97. The zero-order valence-corrected chi connectivity index (χ0v) is 11.9. The van der Waals surface area contributed by atoms with Crippen LogP contribution in [0.25, 0.3) is 11.1 Å². The third kappa shape index (κ3) is 3.00. The van der Waals surface area contributed by atoms with Gasteiger partial charge < -0.3 is 5.11 Å². The minimum atomic E-state index is -1.14. The molecule has 0 unspecified atom stereocenters. The molecular formula is C12H6N4O9. The Labute approximate surface area is 136 Å². The monoisotopic (exact) mass is 350 g/mol. The van der Waals surface area contributed by atoms with Crippen LogP contribution in [-0.2, 0) is 0 Å². The van der Waals surface area contributed by atoms with E-state index in [9.17, 15) is 45.6 Å². The average molecular weight is 350 g/mol. The van der Waals surface area contributed by atoms with Gasteiger partial charge in [0.05, 0.1) is 31.3 Å². The van der Waals surface area contributed by atoms with E-state index in [1.807, 2.05) is 0 Å². The predicted molar refractivity (Wildman–Crippen MR) is 80.2 cm³/mol. The van der Waals surface area contributed by atoms with E-state index >= 15 is 0 Å². The molecule has 1 N–H and O–H groups in total. The average Bonchev–Trinajstić information content (AvgIpc) is 2.52. The Kier molecular flexibility index (Phi) is 4.23. The fraction of sp³-hybridized carbons (Fsp3) is 0. The lowest BCUT2D eigenvalue weighted by Gasteiger charge is -2.07. The second-order valence-corrected chi connectivity index (χ2v) is 4.56. The molecule has 0 aliphatic rings. The lowest BCUT2D eigenvalue weighted by atomic mass is 9.98. The lowest BCUT2D eigenvalue weighted by Crippen LogP contribution is -2.01. The van der Waals surface area contributed by atoms with Crippen LogP contribution in [0.1, 0.15) is 0 Å². The van der Waals surface area contributed by atoms with Crippen molar-refractivity contribution in [3.05, 3.63) is 70.8 Å². The molecule has 0 saturated heterocycles. The van der Waals surface area contributed by atoms with Gasteiger partial charge in [-0.25, -0.2) is 0 Å². The number of nitrogens with zero attached hydrogens (tertiary/aromatic N) is 4. The molecule has 0 saturated carbocycles. The van der Waals surface area contributed by atoms with E-state index in [1.54, 1.807) is 0 Å². The van der Waals surface area contributed by atoms with Gasteiger partial charge in [-0.05, 0) is 12.1 Å². The first-order chi connectivity index (χ1) is 11.6. The molecule has 0 spiro atoms. The number of hydrogen-bond donors (Lipinski definition) is 1. The number of phenols is 1. The first-order valence-corrected chi connectivity index (χ1v) is 6.23. The molecule has 0 heterocycles. The van der Waals surface area contributed by atoms with Gasteiger partial charge >= 0.3 is 5.69 Å². The number of nitro benzene ring substituents is 4. The van der Waals surface area contributed by atoms with Crippen molar-refractivity contribution >= 4 is 22.7 Å². The fourth-order valence-electron chi connectivity index (χ4n) is 2.17. The molecule has 0 atom stereocenters. The van der Waals surface area contributed by atoms with Crippen LogP contribution in [0.15, 0.2) is 30.3 Å². The first-order valence-electron chi connectivity index (χ1n) is 6.23. The third-order valence-corrected chi connectivity index (χ3v) is 3.17. The van der Waals surface area contributed by atoms with E-state index in [-0.39, 0.29) is 0 Å². The molecule has 25 heavy (non-hydrogen) atoms. The normalized spacial score (nSPS) is 10.2. The molecule has 0 bridgehead atoms. The van der Waals surface area contributed by atoms with Gasteiger partial charge in [0.1, 0.15) is 5.56 Å². The minimum absolute atomic E-state index is 0.521. The van der Waals surface area contributed by atoms with Crippen molar-refractivity contribution < 1.29 is 24.8 Å². The molecule has 0 aliphatic carbocycles. The van der Waals surface area contributed by atoms with Gasteiger partial charge in [-0.3, -0.25) is 40.5 Å². The first kappa shape index (κ1) is 17.2. The fourth-order valence-corrected chi connectivity index (χ4v) is 2.17. The highest BCUT2D eigenvalue weighted by Gasteiger charge is 2.35. The molecule has 13 nitrogen and oxygen atoms in total. The number of benzene rings is 2.